The molecule has 13 nitrogen and oxygen atoms in total. The summed E-state index contributed by atoms with van der Waals surface area (Å²) in [5, 5.41) is 15.7. The van der Waals surface area contributed by atoms with Crippen molar-refractivity contribution in [1.82, 2.24) is 30.9 Å². The van der Waals surface area contributed by atoms with Gasteiger partial charge in [0.2, 0.25) is 23.6 Å². The van der Waals surface area contributed by atoms with Gasteiger partial charge in [0.1, 0.15) is 17.9 Å². The number of nitrogens with one attached hydrogen (secondary N) is 4. The number of hydrogen-bond donors (Lipinski definition) is 4. The van der Waals surface area contributed by atoms with Crippen LogP contribution in [0.25, 0.3) is 11.0 Å². The second-order valence-electron chi connectivity index (χ2n) is 12.5. The molecule has 2 aromatic carbocycles. The molecule has 15 heteroatoms. The Hall–Kier alpha value is -4.72. The number of halogens is 2. The zero-order valence-electron chi connectivity index (χ0n) is 27.5. The fourth-order valence-electron chi connectivity index (χ4n) is 6.29. The number of fused-ring (bicyclic) bond motifs is 1. The molecule has 3 heterocycles. The van der Waals surface area contributed by atoms with Crippen molar-refractivity contribution in [1.29, 1.82) is 0 Å². The highest BCUT2D eigenvalue weighted by molar-refractivity contribution is 6.30. The number of rotatable bonds is 11. The summed E-state index contributed by atoms with van der Waals surface area (Å²) in [6, 6.07) is 8.67. The number of benzene rings is 2. The standard InChI is InChI=1S/C34H41ClFN7O6/c1-3-20(2)30(40-29(45)19-37-28(44)18-38-34(48)39-24-9-6-22(35)7-10-24)33(47)43-14-4-5-26(43)32(46)42-15-12-21(13-16-42)31-25-11-8-23(36)17-27(25)49-41-31/h6-11,17,20-21,26,30H,3-5,12-16,18-19H2,1-2H3,(H,37,44)(H,40,45)(H2,38,39,48)/t20-,26-,30-/m0/s1. The van der Waals surface area contributed by atoms with Gasteiger partial charge in [-0.1, -0.05) is 37.0 Å². The van der Waals surface area contributed by atoms with Crippen LogP contribution in [-0.2, 0) is 19.2 Å². The molecule has 2 aliphatic rings. The van der Waals surface area contributed by atoms with E-state index in [1.807, 2.05) is 13.8 Å². The van der Waals surface area contributed by atoms with Crippen LogP contribution in [0.2, 0.25) is 5.02 Å². The summed E-state index contributed by atoms with van der Waals surface area (Å²) in [6.45, 7) is 4.36. The lowest BCUT2D eigenvalue weighted by Crippen LogP contribution is -2.57. The first-order chi connectivity index (χ1) is 23.5. The van der Waals surface area contributed by atoms with Crippen LogP contribution < -0.4 is 21.3 Å². The average molecular weight is 698 g/mol. The Morgan fingerprint density at radius 3 is 2.41 bits per heavy atom. The van der Waals surface area contributed by atoms with Gasteiger partial charge in [-0.15, -0.1) is 0 Å². The summed E-state index contributed by atoms with van der Waals surface area (Å²) in [7, 11) is 0. The smallest absolute Gasteiger partial charge is 0.319 e. The Bertz CT molecular complexity index is 1680. The number of carbonyl (C=O) groups is 5. The third-order valence-corrected chi connectivity index (χ3v) is 9.48. The summed E-state index contributed by atoms with van der Waals surface area (Å²) in [4.78, 5) is 68.2. The van der Waals surface area contributed by atoms with Crippen LogP contribution in [0.15, 0.2) is 47.0 Å². The lowest BCUT2D eigenvalue weighted by molar-refractivity contribution is -0.147. The fraction of sp³-hybridized carbons (Fsp3) is 0.471. The van der Waals surface area contributed by atoms with Crippen LogP contribution in [0.4, 0.5) is 14.9 Å². The van der Waals surface area contributed by atoms with E-state index < -0.39 is 42.3 Å². The van der Waals surface area contributed by atoms with Gasteiger partial charge in [0.15, 0.2) is 5.58 Å². The highest BCUT2D eigenvalue weighted by Gasteiger charge is 2.41. The third-order valence-electron chi connectivity index (χ3n) is 9.23. The summed E-state index contributed by atoms with van der Waals surface area (Å²) < 4.78 is 18.9. The minimum atomic E-state index is -0.887. The molecule has 262 valence electrons. The van der Waals surface area contributed by atoms with Crippen LogP contribution in [0.3, 0.4) is 0 Å². The number of urea groups is 1. The van der Waals surface area contributed by atoms with Crippen molar-refractivity contribution >= 4 is 57.9 Å². The van der Waals surface area contributed by atoms with E-state index >= 15 is 0 Å². The number of likely N-dealkylation sites (tertiary alicyclic amines) is 2. The van der Waals surface area contributed by atoms with E-state index in [9.17, 15) is 28.4 Å². The maximum absolute atomic E-state index is 13.9. The zero-order chi connectivity index (χ0) is 35.1. The molecule has 49 heavy (non-hydrogen) atoms. The van der Waals surface area contributed by atoms with E-state index in [1.165, 1.54) is 12.1 Å². The predicted molar refractivity (Wildman–Crippen MR) is 180 cm³/mol. The van der Waals surface area contributed by atoms with Crippen LogP contribution >= 0.6 is 11.6 Å². The lowest BCUT2D eigenvalue weighted by Gasteiger charge is -2.36. The Labute approximate surface area is 288 Å². The molecule has 2 aliphatic heterocycles. The second kappa shape index (κ2) is 16.1. The van der Waals surface area contributed by atoms with Gasteiger partial charge in [0, 0.05) is 47.7 Å². The van der Waals surface area contributed by atoms with Gasteiger partial charge < -0.3 is 35.6 Å². The summed E-state index contributed by atoms with van der Waals surface area (Å²) in [5.41, 5.74) is 1.65. The fourth-order valence-corrected chi connectivity index (χ4v) is 6.42. The van der Waals surface area contributed by atoms with Crippen molar-refractivity contribution in [3.05, 3.63) is 59.0 Å². The van der Waals surface area contributed by atoms with E-state index in [-0.39, 0.29) is 30.2 Å². The third kappa shape index (κ3) is 8.85. The average Bonchev–Trinajstić information content (AvgIpc) is 3.76. The van der Waals surface area contributed by atoms with Crippen LogP contribution in [-0.4, -0.2) is 89.4 Å². The number of carbonyl (C=O) groups excluding carboxylic acids is 5. The van der Waals surface area contributed by atoms with E-state index in [2.05, 4.69) is 26.4 Å². The van der Waals surface area contributed by atoms with Gasteiger partial charge >= 0.3 is 6.03 Å². The van der Waals surface area contributed by atoms with E-state index in [0.717, 1.165) is 11.1 Å². The molecule has 0 saturated carbocycles. The Balaban J connectivity index is 1.11. The predicted octanol–water partition coefficient (Wildman–Crippen LogP) is 3.79. The van der Waals surface area contributed by atoms with Crippen molar-refractivity contribution in [3.63, 3.8) is 0 Å². The molecule has 2 fully saturated rings. The summed E-state index contributed by atoms with van der Waals surface area (Å²) in [6.07, 6.45) is 3.10. The van der Waals surface area contributed by atoms with Crippen molar-refractivity contribution in [2.24, 2.45) is 5.92 Å². The minimum absolute atomic E-state index is 0.0601. The van der Waals surface area contributed by atoms with Gasteiger partial charge in [-0.05, 0) is 68.0 Å². The molecule has 6 amide bonds. The van der Waals surface area contributed by atoms with E-state index in [1.54, 1.807) is 40.1 Å². The maximum Gasteiger partial charge on any atom is 0.319 e. The summed E-state index contributed by atoms with van der Waals surface area (Å²) >= 11 is 5.84. The highest BCUT2D eigenvalue weighted by Crippen LogP contribution is 2.34. The SMILES string of the molecule is CC[C@H](C)[C@H](NC(=O)CNC(=O)CNC(=O)Nc1ccc(Cl)cc1)C(=O)N1CCC[C@H]1C(=O)N1CCC(c2noc3cc(F)ccc23)CC1. The molecular formula is C34H41ClFN7O6. The normalized spacial score (nSPS) is 17.8. The molecule has 5 rings (SSSR count). The van der Waals surface area contributed by atoms with Gasteiger partial charge in [-0.25, -0.2) is 9.18 Å². The van der Waals surface area contributed by atoms with Crippen LogP contribution in [0, 0.1) is 11.7 Å². The largest absolute Gasteiger partial charge is 0.356 e. The first kappa shape index (κ1) is 35.6. The molecule has 0 aliphatic carbocycles. The molecule has 0 radical (unpaired) electrons. The van der Waals surface area contributed by atoms with Crippen LogP contribution in [0.5, 0.6) is 0 Å². The number of hydrogen-bond acceptors (Lipinski definition) is 7. The van der Waals surface area contributed by atoms with E-state index in [0.29, 0.717) is 68.0 Å². The molecule has 3 atom stereocenters. The number of aromatic nitrogens is 1. The quantitative estimate of drug-likeness (QED) is 0.237. The first-order valence-corrected chi connectivity index (χ1v) is 16.9. The lowest BCUT2D eigenvalue weighted by atomic mass is 9.91. The number of piperidine rings is 1. The topological polar surface area (TPSA) is 166 Å². The minimum Gasteiger partial charge on any atom is -0.356 e. The van der Waals surface area contributed by atoms with E-state index in [4.69, 9.17) is 16.1 Å². The van der Waals surface area contributed by atoms with Crippen molar-refractivity contribution in [2.75, 3.05) is 38.0 Å². The molecule has 3 aromatic rings. The zero-order valence-corrected chi connectivity index (χ0v) is 28.2. The molecule has 0 unspecified atom stereocenters. The first-order valence-electron chi connectivity index (χ1n) is 16.5. The van der Waals surface area contributed by atoms with Gasteiger partial charge in [0.05, 0.1) is 18.8 Å². The summed E-state index contributed by atoms with van der Waals surface area (Å²) in [5.74, 6) is -2.17. The van der Waals surface area contributed by atoms with Crippen molar-refractivity contribution in [2.45, 2.75) is 64.0 Å². The van der Waals surface area contributed by atoms with Crippen molar-refractivity contribution < 1.29 is 32.9 Å². The van der Waals surface area contributed by atoms with Gasteiger partial charge in [-0.2, -0.15) is 0 Å². The van der Waals surface area contributed by atoms with Gasteiger partial charge in [-0.3, -0.25) is 19.2 Å². The van der Waals surface area contributed by atoms with Crippen molar-refractivity contribution in [3.8, 4) is 0 Å². The monoisotopic (exact) mass is 697 g/mol. The number of amides is 6. The molecule has 2 saturated heterocycles. The molecule has 1 aromatic heterocycles. The molecule has 0 spiro atoms. The Morgan fingerprint density at radius 2 is 1.69 bits per heavy atom. The molecule has 0 bridgehead atoms. The highest BCUT2D eigenvalue weighted by atomic mass is 35.5. The Morgan fingerprint density at radius 1 is 0.980 bits per heavy atom. The molecular weight excluding hydrogens is 657 g/mol. The number of anilines is 1. The number of nitrogens with zero attached hydrogens (tertiary/aromatic N) is 3. The maximum atomic E-state index is 13.9. The second-order valence-corrected chi connectivity index (χ2v) is 13.0. The van der Waals surface area contributed by atoms with Crippen LogP contribution in [0.1, 0.15) is 57.6 Å². The Kier molecular flexibility index (Phi) is 11.7. The molecule has 4 N–H and O–H groups in total. The van der Waals surface area contributed by atoms with Gasteiger partial charge in [0.25, 0.3) is 0 Å².